The van der Waals surface area contributed by atoms with Crippen LogP contribution in [-0.2, 0) is 4.74 Å². The van der Waals surface area contributed by atoms with E-state index >= 15 is 0 Å². The van der Waals surface area contributed by atoms with Crippen LogP contribution in [0.15, 0.2) is 54.9 Å². The van der Waals surface area contributed by atoms with E-state index in [0.29, 0.717) is 23.0 Å². The summed E-state index contributed by atoms with van der Waals surface area (Å²) in [6, 6.07) is 15.0. The van der Waals surface area contributed by atoms with Gasteiger partial charge in [0, 0.05) is 21.2 Å². The molecule has 4 rings (SSSR count). The van der Waals surface area contributed by atoms with E-state index in [-0.39, 0.29) is 5.97 Å². The number of nitrogens with zero attached hydrogens (tertiary/aromatic N) is 2. The van der Waals surface area contributed by atoms with Crippen LogP contribution >= 0.6 is 22.9 Å². The van der Waals surface area contributed by atoms with Gasteiger partial charge >= 0.3 is 5.97 Å². The number of carbonyl (C=O) groups is 1. The molecular weight excluding hydrogens is 418 g/mol. The molecule has 0 saturated heterocycles. The second kappa shape index (κ2) is 8.81. The fourth-order valence-corrected chi connectivity index (χ4v) is 4.38. The second-order valence-corrected chi connectivity index (χ2v) is 8.42. The lowest BCUT2D eigenvalue weighted by atomic mass is 10.0. The van der Waals surface area contributed by atoms with E-state index in [2.05, 4.69) is 22.2 Å². The lowest BCUT2D eigenvalue weighted by Crippen LogP contribution is -2.06. The van der Waals surface area contributed by atoms with Crippen molar-refractivity contribution in [2.24, 2.45) is 0 Å². The maximum absolute atomic E-state index is 12.2. The minimum atomic E-state index is -0.332. The summed E-state index contributed by atoms with van der Waals surface area (Å²) >= 11 is 7.69. The fraction of sp³-hybridized carbons (Fsp3) is 0.174. The van der Waals surface area contributed by atoms with E-state index in [1.54, 1.807) is 29.8 Å². The third kappa shape index (κ3) is 4.15. The molecule has 0 unspecified atom stereocenters. The van der Waals surface area contributed by atoms with Crippen molar-refractivity contribution in [2.75, 3.05) is 11.9 Å². The zero-order valence-electron chi connectivity index (χ0n) is 16.6. The molecule has 0 radical (unpaired) electrons. The van der Waals surface area contributed by atoms with Crippen molar-refractivity contribution < 1.29 is 9.53 Å². The van der Waals surface area contributed by atoms with Crippen LogP contribution in [0.1, 0.15) is 28.6 Å². The number of hydrogen-bond acceptors (Lipinski definition) is 6. The van der Waals surface area contributed by atoms with Crippen molar-refractivity contribution in [2.45, 2.75) is 20.3 Å². The van der Waals surface area contributed by atoms with Crippen LogP contribution in [0.25, 0.3) is 21.3 Å². The Morgan fingerprint density at radius 1 is 1.17 bits per heavy atom. The molecule has 0 bridgehead atoms. The van der Waals surface area contributed by atoms with E-state index < -0.39 is 0 Å². The fourth-order valence-electron chi connectivity index (χ4n) is 3.24. The van der Waals surface area contributed by atoms with Crippen molar-refractivity contribution in [1.29, 1.82) is 0 Å². The van der Waals surface area contributed by atoms with Crippen molar-refractivity contribution in [3.05, 3.63) is 70.3 Å². The summed E-state index contributed by atoms with van der Waals surface area (Å²) in [7, 11) is 0. The minimum Gasteiger partial charge on any atom is -0.462 e. The van der Waals surface area contributed by atoms with E-state index in [9.17, 15) is 4.79 Å². The molecule has 152 valence electrons. The van der Waals surface area contributed by atoms with Gasteiger partial charge in [-0.05, 0) is 49.2 Å². The standard InChI is InChI=1S/C23H20ClN3O2S/c1-3-11-29-23(28)16-5-4-6-18(12-16)27-21-20-19(15-7-9-17(24)10-8-15)14(2)30-22(20)26-13-25-21/h4-10,12-13H,3,11H2,1-2H3,(H,25,26,27). The van der Waals surface area contributed by atoms with Crippen molar-refractivity contribution in [1.82, 2.24) is 9.97 Å². The van der Waals surface area contributed by atoms with Gasteiger partial charge in [-0.1, -0.05) is 36.7 Å². The van der Waals surface area contributed by atoms with Gasteiger partial charge in [-0.3, -0.25) is 0 Å². The van der Waals surface area contributed by atoms with Crippen LogP contribution in [0, 0.1) is 6.92 Å². The molecule has 0 aliphatic carbocycles. The Kier molecular flexibility index (Phi) is 5.97. The predicted octanol–water partition coefficient (Wildman–Crippen LogP) is 6.63. The monoisotopic (exact) mass is 437 g/mol. The first-order valence-electron chi connectivity index (χ1n) is 9.61. The smallest absolute Gasteiger partial charge is 0.338 e. The molecular formula is C23H20ClN3O2S. The molecule has 7 heteroatoms. The molecule has 2 heterocycles. The van der Waals surface area contributed by atoms with E-state index in [1.807, 2.05) is 43.3 Å². The summed E-state index contributed by atoms with van der Waals surface area (Å²) in [4.78, 5) is 23.2. The number of nitrogens with one attached hydrogen (secondary N) is 1. The largest absolute Gasteiger partial charge is 0.462 e. The first-order chi connectivity index (χ1) is 14.6. The van der Waals surface area contributed by atoms with Gasteiger partial charge in [-0.15, -0.1) is 11.3 Å². The maximum atomic E-state index is 12.2. The van der Waals surface area contributed by atoms with E-state index in [0.717, 1.165) is 38.3 Å². The summed E-state index contributed by atoms with van der Waals surface area (Å²) in [6.45, 7) is 4.44. The first-order valence-corrected chi connectivity index (χ1v) is 10.8. The molecule has 0 amide bonds. The number of rotatable bonds is 6. The number of halogens is 1. The summed E-state index contributed by atoms with van der Waals surface area (Å²) in [5.41, 5.74) is 3.39. The van der Waals surface area contributed by atoms with Crippen LogP contribution in [-0.4, -0.2) is 22.5 Å². The molecule has 1 N–H and O–H groups in total. The number of benzene rings is 2. The number of fused-ring (bicyclic) bond motifs is 1. The van der Waals surface area contributed by atoms with Gasteiger partial charge in [0.15, 0.2) is 0 Å². The number of esters is 1. The Labute approximate surface area is 183 Å². The van der Waals surface area contributed by atoms with Gasteiger partial charge < -0.3 is 10.1 Å². The van der Waals surface area contributed by atoms with Gasteiger partial charge in [-0.25, -0.2) is 14.8 Å². The quantitative estimate of drug-likeness (QED) is 0.343. The molecule has 0 aliphatic heterocycles. The Morgan fingerprint density at radius 3 is 2.73 bits per heavy atom. The maximum Gasteiger partial charge on any atom is 0.338 e. The molecule has 4 aromatic rings. The summed E-state index contributed by atoms with van der Waals surface area (Å²) in [5, 5.41) is 4.99. The van der Waals surface area contributed by atoms with Crippen LogP contribution in [0.5, 0.6) is 0 Å². The number of anilines is 2. The van der Waals surface area contributed by atoms with Gasteiger partial charge in [0.2, 0.25) is 0 Å². The minimum absolute atomic E-state index is 0.332. The van der Waals surface area contributed by atoms with E-state index in [4.69, 9.17) is 16.3 Å². The van der Waals surface area contributed by atoms with Gasteiger partial charge in [0.05, 0.1) is 17.6 Å². The second-order valence-electron chi connectivity index (χ2n) is 6.78. The Morgan fingerprint density at radius 2 is 1.97 bits per heavy atom. The molecule has 0 spiro atoms. The third-order valence-corrected chi connectivity index (χ3v) is 5.86. The Balaban J connectivity index is 1.74. The number of ether oxygens (including phenoxy) is 1. The van der Waals surface area contributed by atoms with Crippen LogP contribution in [0.3, 0.4) is 0 Å². The zero-order valence-corrected chi connectivity index (χ0v) is 18.2. The topological polar surface area (TPSA) is 64.1 Å². The highest BCUT2D eigenvalue weighted by Crippen LogP contribution is 2.41. The predicted molar refractivity (Wildman–Crippen MR) is 123 cm³/mol. The molecule has 2 aromatic carbocycles. The normalized spacial score (nSPS) is 10.9. The SMILES string of the molecule is CCCOC(=O)c1cccc(Nc2ncnc3sc(C)c(-c4ccc(Cl)cc4)c23)c1. The molecule has 0 fully saturated rings. The zero-order chi connectivity index (χ0) is 21.1. The lowest BCUT2D eigenvalue weighted by Gasteiger charge is -2.10. The van der Waals surface area contributed by atoms with E-state index in [1.165, 1.54) is 0 Å². The lowest BCUT2D eigenvalue weighted by molar-refractivity contribution is 0.0505. The average Bonchev–Trinajstić information content (AvgIpc) is 3.09. The van der Waals surface area contributed by atoms with Crippen molar-refractivity contribution in [3.8, 4) is 11.1 Å². The summed E-state index contributed by atoms with van der Waals surface area (Å²) in [5.74, 6) is 0.356. The van der Waals surface area contributed by atoms with Gasteiger partial charge in [0.1, 0.15) is 17.0 Å². The first kappa shape index (κ1) is 20.3. The highest BCUT2D eigenvalue weighted by molar-refractivity contribution is 7.19. The van der Waals surface area contributed by atoms with Crippen molar-refractivity contribution in [3.63, 3.8) is 0 Å². The summed E-state index contributed by atoms with van der Waals surface area (Å²) < 4.78 is 5.24. The van der Waals surface area contributed by atoms with Crippen LogP contribution in [0.2, 0.25) is 5.02 Å². The van der Waals surface area contributed by atoms with Gasteiger partial charge in [-0.2, -0.15) is 0 Å². The molecule has 0 atom stereocenters. The van der Waals surface area contributed by atoms with Crippen molar-refractivity contribution >= 4 is 50.6 Å². The summed E-state index contributed by atoms with van der Waals surface area (Å²) in [6.07, 6.45) is 2.33. The average molecular weight is 438 g/mol. The molecule has 0 aliphatic rings. The molecule has 5 nitrogen and oxygen atoms in total. The van der Waals surface area contributed by atoms with Gasteiger partial charge in [0.25, 0.3) is 0 Å². The highest BCUT2D eigenvalue weighted by atomic mass is 35.5. The number of aromatic nitrogens is 2. The number of aryl methyl sites for hydroxylation is 1. The number of carbonyl (C=O) groups excluding carboxylic acids is 1. The highest BCUT2D eigenvalue weighted by Gasteiger charge is 2.17. The molecule has 30 heavy (non-hydrogen) atoms. The number of hydrogen-bond donors (Lipinski definition) is 1. The Bertz CT molecular complexity index is 1210. The third-order valence-electron chi connectivity index (χ3n) is 4.60. The Hall–Kier alpha value is -2.96. The van der Waals surface area contributed by atoms with Crippen LogP contribution < -0.4 is 5.32 Å². The molecule has 2 aromatic heterocycles. The molecule has 0 saturated carbocycles. The number of thiophene rings is 1. The van der Waals surface area contributed by atoms with Crippen LogP contribution in [0.4, 0.5) is 11.5 Å².